The molecule has 0 unspecified atom stereocenters. The smallest absolute Gasteiger partial charge is 0.308 e. The van der Waals surface area contributed by atoms with Gasteiger partial charge in [0.15, 0.2) is 0 Å². The largest absolute Gasteiger partial charge is 0.469 e. The van der Waals surface area contributed by atoms with Gasteiger partial charge in [-0.1, -0.05) is 17.7 Å². The lowest BCUT2D eigenvalue weighted by Crippen LogP contribution is -2.39. The molecule has 22 heavy (non-hydrogen) atoms. The van der Waals surface area contributed by atoms with Gasteiger partial charge in [-0.05, 0) is 36.6 Å². The normalized spacial score (nSPS) is 16.0. The summed E-state index contributed by atoms with van der Waals surface area (Å²) in [5.41, 5.74) is 0.657. The second-order valence-corrected chi connectivity index (χ2v) is 5.54. The van der Waals surface area contributed by atoms with Crippen molar-refractivity contribution < 1.29 is 18.7 Å². The number of carbonyl (C=O) groups excluding carboxylic acids is 2. The minimum atomic E-state index is -0.491. The highest BCUT2D eigenvalue weighted by atomic mass is 35.5. The summed E-state index contributed by atoms with van der Waals surface area (Å²) in [5.74, 6) is -0.976. The van der Waals surface area contributed by atoms with Gasteiger partial charge >= 0.3 is 5.97 Å². The topological polar surface area (TPSA) is 46.6 Å². The Morgan fingerprint density at radius 2 is 2.05 bits per heavy atom. The van der Waals surface area contributed by atoms with Gasteiger partial charge in [0.25, 0.3) is 0 Å². The summed E-state index contributed by atoms with van der Waals surface area (Å²) in [5, 5.41) is 0.0218. The summed E-state index contributed by atoms with van der Waals surface area (Å²) in [6.07, 6.45) is 4.24. The molecule has 6 heteroatoms. The number of hydrogen-bond acceptors (Lipinski definition) is 3. The Hall–Kier alpha value is -1.88. The number of hydrogen-bond donors (Lipinski definition) is 0. The molecule has 0 saturated carbocycles. The van der Waals surface area contributed by atoms with Crippen LogP contribution in [0.4, 0.5) is 4.39 Å². The zero-order chi connectivity index (χ0) is 16.1. The Morgan fingerprint density at radius 1 is 1.36 bits per heavy atom. The van der Waals surface area contributed by atoms with Gasteiger partial charge in [0.05, 0.1) is 18.1 Å². The van der Waals surface area contributed by atoms with Gasteiger partial charge in [0.1, 0.15) is 5.82 Å². The van der Waals surface area contributed by atoms with Crippen molar-refractivity contribution in [1.29, 1.82) is 0 Å². The Morgan fingerprint density at radius 3 is 2.64 bits per heavy atom. The van der Waals surface area contributed by atoms with E-state index in [1.165, 1.54) is 25.3 Å². The van der Waals surface area contributed by atoms with E-state index in [0.29, 0.717) is 31.5 Å². The Balaban J connectivity index is 1.91. The molecule has 118 valence electrons. The number of piperidine rings is 1. The molecule has 0 spiro atoms. The lowest BCUT2D eigenvalue weighted by atomic mass is 9.97. The molecule has 4 nitrogen and oxygen atoms in total. The summed E-state index contributed by atoms with van der Waals surface area (Å²) in [7, 11) is 1.37. The van der Waals surface area contributed by atoms with Crippen LogP contribution in [0.15, 0.2) is 24.3 Å². The number of benzene rings is 1. The second kappa shape index (κ2) is 7.40. The van der Waals surface area contributed by atoms with Crippen molar-refractivity contribution in [3.8, 4) is 0 Å². The summed E-state index contributed by atoms with van der Waals surface area (Å²) in [6.45, 7) is 1.04. The summed E-state index contributed by atoms with van der Waals surface area (Å²) in [4.78, 5) is 25.2. The molecular weight excluding hydrogens is 309 g/mol. The lowest BCUT2D eigenvalue weighted by molar-refractivity contribution is -0.148. The van der Waals surface area contributed by atoms with Crippen LogP contribution in [0.1, 0.15) is 18.4 Å². The van der Waals surface area contributed by atoms with E-state index in [2.05, 4.69) is 0 Å². The molecule has 1 fully saturated rings. The molecule has 1 aromatic carbocycles. The maximum atomic E-state index is 13.1. The van der Waals surface area contributed by atoms with Crippen LogP contribution >= 0.6 is 11.6 Å². The van der Waals surface area contributed by atoms with Crippen molar-refractivity contribution >= 4 is 29.6 Å². The van der Waals surface area contributed by atoms with Crippen LogP contribution in [0.5, 0.6) is 0 Å². The van der Waals surface area contributed by atoms with Gasteiger partial charge in [0, 0.05) is 19.2 Å². The Bertz CT molecular complexity index is 595. The number of carbonyl (C=O) groups is 2. The van der Waals surface area contributed by atoms with Crippen LogP contribution in [-0.2, 0) is 14.3 Å². The monoisotopic (exact) mass is 325 g/mol. The Labute approximate surface area is 133 Å². The van der Waals surface area contributed by atoms with Gasteiger partial charge in [-0.3, -0.25) is 9.59 Å². The average molecular weight is 326 g/mol. The van der Waals surface area contributed by atoms with Crippen LogP contribution in [-0.4, -0.2) is 37.0 Å². The van der Waals surface area contributed by atoms with Crippen LogP contribution in [0.25, 0.3) is 6.08 Å². The number of likely N-dealkylation sites (tertiary alicyclic amines) is 1. The number of methoxy groups -OCH3 is 1. The zero-order valence-corrected chi connectivity index (χ0v) is 13.0. The average Bonchev–Trinajstić information content (AvgIpc) is 2.55. The molecule has 0 radical (unpaired) electrons. The SMILES string of the molecule is COC(=O)C1CCN(C(=O)C=Cc2ccc(F)c(Cl)c2)CC1. The van der Waals surface area contributed by atoms with Gasteiger partial charge in [-0.2, -0.15) is 0 Å². The highest BCUT2D eigenvalue weighted by Gasteiger charge is 2.26. The van der Waals surface area contributed by atoms with E-state index < -0.39 is 5.82 Å². The third-order valence-corrected chi connectivity index (χ3v) is 3.99. The highest BCUT2D eigenvalue weighted by molar-refractivity contribution is 6.30. The van der Waals surface area contributed by atoms with Crippen molar-refractivity contribution in [1.82, 2.24) is 4.90 Å². The van der Waals surface area contributed by atoms with E-state index in [0.717, 1.165) is 0 Å². The second-order valence-electron chi connectivity index (χ2n) is 5.13. The van der Waals surface area contributed by atoms with Gasteiger partial charge in [-0.25, -0.2) is 4.39 Å². The third kappa shape index (κ3) is 4.07. The lowest BCUT2D eigenvalue weighted by Gasteiger charge is -2.29. The summed E-state index contributed by atoms with van der Waals surface area (Å²) < 4.78 is 17.8. The van der Waals surface area contributed by atoms with E-state index in [1.807, 2.05) is 0 Å². The fourth-order valence-electron chi connectivity index (χ4n) is 2.39. The summed E-state index contributed by atoms with van der Waals surface area (Å²) >= 11 is 5.69. The fraction of sp³-hybridized carbons (Fsp3) is 0.375. The molecule has 1 heterocycles. The maximum absolute atomic E-state index is 13.1. The van der Waals surface area contributed by atoms with Crippen LogP contribution in [0, 0.1) is 11.7 Å². The molecule has 1 aliphatic heterocycles. The molecule has 2 rings (SSSR count). The molecular formula is C16H17ClFNO3. The maximum Gasteiger partial charge on any atom is 0.308 e. The van der Waals surface area contributed by atoms with Gasteiger partial charge in [0.2, 0.25) is 5.91 Å². The number of amides is 1. The van der Waals surface area contributed by atoms with Gasteiger partial charge in [-0.15, -0.1) is 0 Å². The minimum Gasteiger partial charge on any atom is -0.469 e. The standard InChI is InChI=1S/C16H17ClFNO3/c1-22-16(21)12-6-8-19(9-7-12)15(20)5-3-11-2-4-14(18)13(17)10-11/h2-5,10,12H,6-9H2,1H3. The zero-order valence-electron chi connectivity index (χ0n) is 12.2. The predicted octanol–water partition coefficient (Wildman–Crippen LogP) is 2.90. The van der Waals surface area contributed by atoms with Crippen molar-refractivity contribution in [2.24, 2.45) is 5.92 Å². The third-order valence-electron chi connectivity index (χ3n) is 3.70. The van der Waals surface area contributed by atoms with Crippen molar-refractivity contribution in [3.63, 3.8) is 0 Å². The van der Waals surface area contributed by atoms with Crippen LogP contribution < -0.4 is 0 Å². The molecule has 0 aromatic heterocycles. The first-order chi connectivity index (χ1) is 10.5. The molecule has 1 amide bonds. The Kier molecular flexibility index (Phi) is 5.55. The van der Waals surface area contributed by atoms with E-state index in [-0.39, 0.29) is 22.8 Å². The predicted molar refractivity (Wildman–Crippen MR) is 81.8 cm³/mol. The molecule has 1 saturated heterocycles. The highest BCUT2D eigenvalue weighted by Crippen LogP contribution is 2.20. The number of ether oxygens (including phenoxy) is 1. The first-order valence-corrected chi connectivity index (χ1v) is 7.39. The van der Waals surface area contributed by atoms with E-state index >= 15 is 0 Å². The van der Waals surface area contributed by atoms with Gasteiger partial charge < -0.3 is 9.64 Å². The molecule has 0 aliphatic carbocycles. The van der Waals surface area contributed by atoms with Crippen LogP contribution in [0.2, 0.25) is 5.02 Å². The first kappa shape index (κ1) is 16.5. The molecule has 0 N–H and O–H groups in total. The number of esters is 1. The van der Waals surface area contributed by atoms with Crippen molar-refractivity contribution in [3.05, 3.63) is 40.7 Å². The molecule has 1 aliphatic rings. The van der Waals surface area contributed by atoms with Crippen molar-refractivity contribution in [2.75, 3.05) is 20.2 Å². The number of halogens is 2. The quantitative estimate of drug-likeness (QED) is 0.634. The molecule has 1 aromatic rings. The fourth-order valence-corrected chi connectivity index (χ4v) is 2.58. The van der Waals surface area contributed by atoms with E-state index in [1.54, 1.807) is 17.0 Å². The minimum absolute atomic E-state index is 0.0218. The summed E-state index contributed by atoms with van der Waals surface area (Å²) in [6, 6.07) is 4.27. The van der Waals surface area contributed by atoms with E-state index in [4.69, 9.17) is 16.3 Å². The molecule has 0 atom stereocenters. The molecule has 0 bridgehead atoms. The van der Waals surface area contributed by atoms with Crippen molar-refractivity contribution in [2.45, 2.75) is 12.8 Å². The number of rotatable bonds is 3. The first-order valence-electron chi connectivity index (χ1n) is 7.01. The van der Waals surface area contributed by atoms with E-state index in [9.17, 15) is 14.0 Å². The van der Waals surface area contributed by atoms with Crippen LogP contribution in [0.3, 0.4) is 0 Å². The number of nitrogens with zero attached hydrogens (tertiary/aromatic N) is 1.